The fourth-order valence-corrected chi connectivity index (χ4v) is 14.3. The SMILES string of the molecule is Cc1ccc(NC(=O)C2(c3ccc4c(c3)OC(F)(F)O4)CC2)cc1-c1ccc2c(c1)C(=O)NS2(=O)=O.Cc1ccc(NC(=O)C2(c3ccc4c(c3)OC(F)(F)O4)CC2)cc1-c1ccc2c(c1)CNC2=O.Cc1ccc(NC(=O)C2(c3ccc4c(c3)OC(F)(F)O4)CC2)cc1-c1ccc[nH]c1=O. The van der Waals surface area contributed by atoms with Crippen LogP contribution in [-0.4, -0.2) is 61.8 Å². The number of carbonyl (C=O) groups excluding carboxylic acids is 5. The molecule has 0 bridgehead atoms. The lowest BCUT2D eigenvalue weighted by Gasteiger charge is -2.17. The molecule has 5 amide bonds. The number of sulfonamides is 1. The number of halogens is 6. The van der Waals surface area contributed by atoms with Gasteiger partial charge in [0.1, 0.15) is 4.90 Å². The molecule has 17 rings (SSSR count). The Bertz CT molecular complexity index is 5270. The number of aromatic nitrogens is 1. The number of nitrogens with one attached hydrogen (secondary N) is 6. The third-order valence-corrected chi connectivity index (χ3v) is 20.6. The number of hydrogen-bond donors (Lipinski definition) is 6. The Labute approximate surface area is 570 Å². The monoisotopic (exact) mass is 1400 g/mol. The molecule has 0 atom stereocenters. The highest BCUT2D eigenvalue weighted by Gasteiger charge is 2.56. The van der Waals surface area contributed by atoms with Gasteiger partial charge in [-0.15, -0.1) is 26.3 Å². The van der Waals surface area contributed by atoms with Gasteiger partial charge in [0, 0.05) is 40.9 Å². The summed E-state index contributed by atoms with van der Waals surface area (Å²) in [6.07, 6.45) is -6.08. The van der Waals surface area contributed by atoms with Crippen LogP contribution in [-0.2, 0) is 47.2 Å². The molecule has 3 saturated carbocycles. The molecule has 6 N–H and O–H groups in total. The van der Waals surface area contributed by atoms with E-state index >= 15 is 0 Å². The molecule has 6 heterocycles. The van der Waals surface area contributed by atoms with Crippen molar-refractivity contribution in [3.05, 3.63) is 224 Å². The van der Waals surface area contributed by atoms with Crippen LogP contribution in [0, 0.1) is 20.8 Å². The Morgan fingerprint density at radius 2 is 0.822 bits per heavy atom. The lowest BCUT2D eigenvalue weighted by molar-refractivity contribution is -0.287. The maximum absolute atomic E-state index is 13.4. The largest absolute Gasteiger partial charge is 0.586 e. The second-order valence-electron chi connectivity index (χ2n) is 25.8. The van der Waals surface area contributed by atoms with Crippen LogP contribution in [0.5, 0.6) is 34.5 Å². The molecule has 0 spiro atoms. The molecule has 0 radical (unpaired) electrons. The topological polar surface area (TPSA) is 268 Å². The number of hydrogen-bond acceptors (Lipinski definition) is 14. The van der Waals surface area contributed by atoms with E-state index in [2.05, 4.69) is 54.7 Å². The van der Waals surface area contributed by atoms with Crippen molar-refractivity contribution in [2.75, 3.05) is 16.0 Å². The number of alkyl halides is 6. The van der Waals surface area contributed by atoms with E-state index in [4.69, 9.17) is 0 Å². The molecule has 0 saturated heterocycles. The van der Waals surface area contributed by atoms with Gasteiger partial charge >= 0.3 is 18.9 Å². The molecule has 8 aliphatic rings. The summed E-state index contributed by atoms with van der Waals surface area (Å²) in [5, 5.41) is 11.6. The van der Waals surface area contributed by atoms with E-state index in [1.807, 2.05) is 68.0 Å². The first-order chi connectivity index (χ1) is 48.0. The number of H-pyrrole nitrogens is 1. The van der Waals surface area contributed by atoms with Crippen molar-refractivity contribution in [2.45, 2.75) is 106 Å². The number of benzene rings is 8. The average Bonchev–Trinajstić information content (AvgIpc) is 1.60. The Hall–Kier alpha value is -11.6. The number of amides is 5. The lowest BCUT2D eigenvalue weighted by atomic mass is 9.93. The van der Waals surface area contributed by atoms with Gasteiger partial charge in [0.25, 0.3) is 27.4 Å². The second-order valence-corrected chi connectivity index (χ2v) is 27.4. The highest BCUT2D eigenvalue weighted by molar-refractivity contribution is 7.90. The molecule has 514 valence electrons. The first-order valence-corrected chi connectivity index (χ1v) is 33.3. The van der Waals surface area contributed by atoms with Gasteiger partial charge in [-0.2, -0.15) is 0 Å². The van der Waals surface area contributed by atoms with Crippen LogP contribution >= 0.6 is 0 Å². The summed E-state index contributed by atoms with van der Waals surface area (Å²) in [6, 6.07) is 43.3. The minimum absolute atomic E-state index is 0.0422. The predicted molar refractivity (Wildman–Crippen MR) is 353 cm³/mol. The molecule has 27 heteroatoms. The van der Waals surface area contributed by atoms with Crippen molar-refractivity contribution in [2.24, 2.45) is 0 Å². The van der Waals surface area contributed by atoms with Crippen molar-refractivity contribution < 1.29 is 87.2 Å². The van der Waals surface area contributed by atoms with Gasteiger partial charge in [0.2, 0.25) is 17.7 Å². The smallest absolute Gasteiger partial charge is 0.395 e. The van der Waals surface area contributed by atoms with Crippen molar-refractivity contribution in [1.29, 1.82) is 0 Å². The number of pyridine rings is 1. The summed E-state index contributed by atoms with van der Waals surface area (Å²) in [5.74, 6) is -1.93. The number of anilines is 3. The van der Waals surface area contributed by atoms with Crippen LogP contribution in [0.3, 0.4) is 0 Å². The lowest BCUT2D eigenvalue weighted by Crippen LogP contribution is -2.28. The fourth-order valence-electron chi connectivity index (χ4n) is 13.2. The number of ether oxygens (including phenoxy) is 6. The third-order valence-electron chi connectivity index (χ3n) is 19.2. The molecular weight excluding hydrogens is 1340 g/mol. The van der Waals surface area contributed by atoms with Gasteiger partial charge in [0.15, 0.2) is 34.5 Å². The van der Waals surface area contributed by atoms with Crippen LogP contribution in [0.4, 0.5) is 43.4 Å². The van der Waals surface area contributed by atoms with Crippen LogP contribution in [0.1, 0.15) is 98.2 Å². The van der Waals surface area contributed by atoms with Gasteiger partial charge in [-0.25, -0.2) is 13.1 Å². The Kier molecular flexibility index (Phi) is 15.2. The van der Waals surface area contributed by atoms with Crippen LogP contribution in [0.2, 0.25) is 0 Å². The summed E-state index contributed by atoms with van der Waals surface area (Å²) in [6.45, 7) is 6.23. The standard InChI is InChI=1S/C26H20F2N2O4.C25H18F2N2O6S.C23H18F2N2O4/c1-14-2-5-18(12-20(14)15-3-6-19-16(10-15)13-29-23(19)31)30-24(32)25(8-9-25)17-4-7-21-22(11-17)34-26(27,28)33-21;1-13-2-5-16(12-17(13)14-3-7-21-18(10-14)22(30)29-36(21,32)33)28-23(31)24(8-9-24)15-4-6-19-20(11-15)35-25(26,27)34-19;1-13-4-6-15(12-17(13)16-3-2-10-26-20(16)28)27-21(29)22(8-9-22)14-5-7-18-19(11-14)31-23(24,25)30-18/h2-7,10-12H,8-9,13H2,1H3,(H,29,31)(H,30,32);2-7,10-12H,8-9H2,1H3,(H,28,31)(H,29,30);2-7,10-12H,8-9H2,1H3,(H,26,28)(H,27,29). The second kappa shape index (κ2) is 23.5. The zero-order valence-electron chi connectivity index (χ0n) is 53.4. The molecule has 5 aliphatic heterocycles. The number of aromatic amines is 1. The number of aryl methyl sites for hydroxylation is 3. The number of carbonyl (C=O) groups is 5. The van der Waals surface area contributed by atoms with Gasteiger partial charge in [-0.1, -0.05) is 48.5 Å². The first-order valence-electron chi connectivity index (χ1n) is 31.8. The first kappa shape index (κ1) is 65.3. The molecule has 8 aromatic carbocycles. The maximum Gasteiger partial charge on any atom is 0.586 e. The number of rotatable bonds is 12. The summed E-state index contributed by atoms with van der Waals surface area (Å²) >= 11 is 0. The van der Waals surface area contributed by atoms with E-state index in [0.29, 0.717) is 101 Å². The summed E-state index contributed by atoms with van der Waals surface area (Å²) in [4.78, 5) is 78.4. The zero-order valence-corrected chi connectivity index (χ0v) is 54.2. The van der Waals surface area contributed by atoms with Gasteiger partial charge in [-0.3, -0.25) is 28.8 Å². The third kappa shape index (κ3) is 12.2. The average molecular weight is 1400 g/mol. The van der Waals surface area contributed by atoms with Gasteiger partial charge in [-0.05, 0) is 235 Å². The molecule has 101 heavy (non-hydrogen) atoms. The van der Waals surface area contributed by atoms with Crippen molar-refractivity contribution in [3.63, 3.8) is 0 Å². The minimum Gasteiger partial charge on any atom is -0.395 e. The van der Waals surface area contributed by atoms with Crippen molar-refractivity contribution in [3.8, 4) is 67.9 Å². The van der Waals surface area contributed by atoms with Crippen molar-refractivity contribution >= 4 is 56.6 Å². The van der Waals surface area contributed by atoms with Crippen LogP contribution < -0.4 is 60.0 Å². The highest BCUT2D eigenvalue weighted by atomic mass is 32.2. The summed E-state index contributed by atoms with van der Waals surface area (Å²) in [5.41, 5.74) is 9.70. The molecule has 1 aromatic heterocycles. The summed E-state index contributed by atoms with van der Waals surface area (Å²) < 4.78 is 133. The van der Waals surface area contributed by atoms with Crippen LogP contribution in [0.25, 0.3) is 33.4 Å². The van der Waals surface area contributed by atoms with Gasteiger partial charge < -0.3 is 54.7 Å². The Morgan fingerprint density at radius 1 is 0.416 bits per heavy atom. The van der Waals surface area contributed by atoms with E-state index in [-0.39, 0.29) is 74.1 Å². The fraction of sp³-hybridized carbons (Fsp3) is 0.216. The highest BCUT2D eigenvalue weighted by Crippen LogP contribution is 2.56. The van der Waals surface area contributed by atoms with Crippen molar-refractivity contribution in [1.82, 2.24) is 15.0 Å². The van der Waals surface area contributed by atoms with E-state index in [1.54, 1.807) is 72.9 Å². The molecule has 20 nitrogen and oxygen atoms in total. The molecule has 0 unspecified atom stereocenters. The van der Waals surface area contributed by atoms with E-state index < -0.39 is 51.1 Å². The molecule has 3 fully saturated rings. The van der Waals surface area contributed by atoms with E-state index in [9.17, 15) is 63.5 Å². The summed E-state index contributed by atoms with van der Waals surface area (Å²) in [7, 11) is -3.85. The normalized spacial score (nSPS) is 18.3. The molecular formula is C74H56F6N6O14S. The molecule has 3 aliphatic carbocycles. The minimum atomic E-state index is -3.85. The Balaban J connectivity index is 0.000000123. The quantitative estimate of drug-likeness (QED) is 0.0621. The van der Waals surface area contributed by atoms with Gasteiger partial charge in [0.05, 0.1) is 21.8 Å². The molecule has 9 aromatic rings. The maximum atomic E-state index is 13.4. The number of fused-ring (bicyclic) bond motifs is 5. The zero-order chi connectivity index (χ0) is 70.9. The van der Waals surface area contributed by atoms with E-state index in [0.717, 1.165) is 38.9 Å². The van der Waals surface area contributed by atoms with E-state index in [1.165, 1.54) is 48.5 Å². The van der Waals surface area contributed by atoms with Crippen LogP contribution in [0.15, 0.2) is 174 Å². The predicted octanol–water partition coefficient (Wildman–Crippen LogP) is 13.3. The Morgan fingerprint density at radius 3 is 1.26 bits per heavy atom.